The van der Waals surface area contributed by atoms with E-state index in [1.165, 1.54) is 6.42 Å². The van der Waals surface area contributed by atoms with Gasteiger partial charge in [0.1, 0.15) is 12.1 Å². The average molecular weight is 243 g/mol. The van der Waals surface area contributed by atoms with Crippen LogP contribution in [0.4, 0.5) is 0 Å². The lowest BCUT2D eigenvalue weighted by atomic mass is 9.77. The topological polar surface area (TPSA) is 60.9 Å². The average Bonchev–Trinajstić information content (AvgIpc) is 2.62. The maximum atomic E-state index is 11.0. The Morgan fingerprint density at radius 3 is 2.72 bits per heavy atom. The number of fused-ring (bicyclic) bond motifs is 1. The van der Waals surface area contributed by atoms with Crippen LogP contribution < -0.4 is 5.73 Å². The molecule has 2 N–H and O–H groups in total. The fourth-order valence-electron chi connectivity index (χ4n) is 2.71. The second-order valence-corrected chi connectivity index (χ2v) is 5.32. The maximum absolute atomic E-state index is 11.0. The molecule has 4 heteroatoms. The molecule has 0 amide bonds. The molecule has 4 nitrogen and oxygen atoms in total. The molecule has 0 bridgehead atoms. The van der Waals surface area contributed by atoms with E-state index in [0.29, 0.717) is 0 Å². The number of benzene rings is 1. The smallest absolute Gasteiger partial charge is 0.150 e. The van der Waals surface area contributed by atoms with Crippen molar-refractivity contribution in [1.82, 2.24) is 9.55 Å². The van der Waals surface area contributed by atoms with Crippen molar-refractivity contribution < 1.29 is 4.79 Å². The van der Waals surface area contributed by atoms with Crippen LogP contribution in [0.15, 0.2) is 12.1 Å². The zero-order valence-electron chi connectivity index (χ0n) is 10.7. The lowest BCUT2D eigenvalue weighted by Crippen LogP contribution is -2.45. The van der Waals surface area contributed by atoms with Gasteiger partial charge in [0.15, 0.2) is 0 Å². The summed E-state index contributed by atoms with van der Waals surface area (Å²) in [6.45, 7) is 1.93. The number of hydrogen-bond donors (Lipinski definition) is 1. The second kappa shape index (κ2) is 3.65. The van der Waals surface area contributed by atoms with Crippen LogP contribution in [0, 0.1) is 6.92 Å². The van der Waals surface area contributed by atoms with Crippen molar-refractivity contribution in [2.75, 3.05) is 0 Å². The summed E-state index contributed by atoms with van der Waals surface area (Å²) in [5, 5.41) is 0. The summed E-state index contributed by atoms with van der Waals surface area (Å²) in [6.07, 6.45) is 4.04. The minimum atomic E-state index is -0.275. The van der Waals surface area contributed by atoms with Crippen LogP contribution in [0.5, 0.6) is 0 Å². The minimum absolute atomic E-state index is 0.275. The van der Waals surface area contributed by atoms with Crippen LogP contribution >= 0.6 is 0 Å². The van der Waals surface area contributed by atoms with E-state index in [2.05, 4.69) is 4.98 Å². The quantitative estimate of drug-likeness (QED) is 0.821. The largest absolute Gasteiger partial charge is 0.330 e. The van der Waals surface area contributed by atoms with Gasteiger partial charge >= 0.3 is 0 Å². The Bertz CT molecular complexity index is 638. The van der Waals surface area contributed by atoms with E-state index in [0.717, 1.165) is 47.1 Å². The van der Waals surface area contributed by atoms with E-state index in [-0.39, 0.29) is 5.54 Å². The molecule has 0 radical (unpaired) electrons. The van der Waals surface area contributed by atoms with Gasteiger partial charge in [0.05, 0.1) is 16.6 Å². The van der Waals surface area contributed by atoms with Crippen molar-refractivity contribution in [3.8, 4) is 0 Å². The van der Waals surface area contributed by atoms with Gasteiger partial charge in [-0.3, -0.25) is 4.79 Å². The third-order valence-electron chi connectivity index (χ3n) is 4.09. The number of carbonyl (C=O) groups excluding carboxylic acids is 1. The van der Waals surface area contributed by atoms with Crippen LogP contribution in [0.3, 0.4) is 0 Å². The van der Waals surface area contributed by atoms with Crippen LogP contribution in [0.2, 0.25) is 0 Å². The van der Waals surface area contributed by atoms with Crippen LogP contribution in [-0.4, -0.2) is 15.8 Å². The lowest BCUT2D eigenvalue weighted by Gasteiger charge is -2.37. The van der Waals surface area contributed by atoms with Gasteiger partial charge in [0.2, 0.25) is 0 Å². The summed E-state index contributed by atoms with van der Waals surface area (Å²) < 4.78 is 2.03. The predicted octanol–water partition coefficient (Wildman–Crippen LogP) is 2.03. The lowest BCUT2D eigenvalue weighted by molar-refractivity contribution is 0.112. The fraction of sp³-hybridized carbons (Fsp3) is 0.429. The highest BCUT2D eigenvalue weighted by molar-refractivity contribution is 5.87. The number of nitrogens with two attached hydrogens (primary N) is 1. The molecule has 1 saturated carbocycles. The zero-order chi connectivity index (χ0) is 12.9. The van der Waals surface area contributed by atoms with E-state index in [1.54, 1.807) is 0 Å². The van der Waals surface area contributed by atoms with E-state index < -0.39 is 0 Å². The van der Waals surface area contributed by atoms with Crippen molar-refractivity contribution in [3.05, 3.63) is 29.1 Å². The standard InChI is InChI=1S/C14H17N3O/c1-9-6-11-12(7-10(9)8-18)17(2)13(16-11)14(15)4-3-5-14/h6-8H,3-5,15H2,1-2H3. The molecule has 1 aromatic heterocycles. The van der Waals surface area contributed by atoms with E-state index in [1.807, 2.05) is 30.7 Å². The first-order valence-electron chi connectivity index (χ1n) is 6.27. The van der Waals surface area contributed by atoms with E-state index >= 15 is 0 Å². The summed E-state index contributed by atoms with van der Waals surface area (Å²) >= 11 is 0. The van der Waals surface area contributed by atoms with Gasteiger partial charge in [-0.1, -0.05) is 0 Å². The van der Waals surface area contributed by atoms with Crippen molar-refractivity contribution >= 4 is 17.3 Å². The monoisotopic (exact) mass is 243 g/mol. The van der Waals surface area contributed by atoms with Crippen molar-refractivity contribution in [2.45, 2.75) is 31.7 Å². The summed E-state index contributed by atoms with van der Waals surface area (Å²) in [5.74, 6) is 0.936. The molecule has 0 saturated heterocycles. The molecule has 3 rings (SSSR count). The van der Waals surface area contributed by atoms with Gasteiger partial charge in [-0.25, -0.2) is 4.98 Å². The van der Waals surface area contributed by atoms with Gasteiger partial charge in [-0.15, -0.1) is 0 Å². The first kappa shape index (κ1) is 11.4. The highest BCUT2D eigenvalue weighted by Crippen LogP contribution is 2.39. The van der Waals surface area contributed by atoms with Crippen LogP contribution in [-0.2, 0) is 12.6 Å². The van der Waals surface area contributed by atoms with Gasteiger partial charge in [-0.2, -0.15) is 0 Å². The number of rotatable bonds is 2. The number of imidazole rings is 1. The van der Waals surface area contributed by atoms with E-state index in [4.69, 9.17) is 5.73 Å². The Morgan fingerprint density at radius 1 is 1.44 bits per heavy atom. The number of nitrogens with zero attached hydrogens (tertiary/aromatic N) is 2. The summed E-state index contributed by atoms with van der Waals surface area (Å²) in [5.41, 5.74) is 9.65. The minimum Gasteiger partial charge on any atom is -0.330 e. The first-order valence-corrected chi connectivity index (χ1v) is 6.27. The Kier molecular flexibility index (Phi) is 2.32. The normalized spacial score (nSPS) is 17.7. The Hall–Kier alpha value is -1.68. The molecule has 1 aliphatic rings. The molecule has 94 valence electrons. The Morgan fingerprint density at radius 2 is 2.17 bits per heavy atom. The van der Waals surface area contributed by atoms with Gasteiger partial charge in [-0.05, 0) is 43.9 Å². The Balaban J connectivity index is 2.25. The third-order valence-corrected chi connectivity index (χ3v) is 4.09. The number of aldehydes is 1. The first-order chi connectivity index (χ1) is 8.55. The molecule has 1 fully saturated rings. The molecule has 0 spiro atoms. The molecule has 0 aliphatic heterocycles. The summed E-state index contributed by atoms with van der Waals surface area (Å²) in [4.78, 5) is 15.7. The van der Waals surface area contributed by atoms with E-state index in [9.17, 15) is 4.79 Å². The third kappa shape index (κ3) is 1.42. The molecule has 1 heterocycles. The van der Waals surface area contributed by atoms with Crippen LogP contribution in [0.1, 0.15) is 41.0 Å². The fourth-order valence-corrected chi connectivity index (χ4v) is 2.71. The van der Waals surface area contributed by atoms with Crippen molar-refractivity contribution in [2.24, 2.45) is 12.8 Å². The Labute approximate surface area is 106 Å². The molecule has 1 aliphatic carbocycles. The SMILES string of the molecule is Cc1cc2nc(C3(N)CCC3)n(C)c2cc1C=O. The zero-order valence-corrected chi connectivity index (χ0v) is 10.7. The molecule has 0 atom stereocenters. The molecule has 2 aromatic rings. The van der Waals surface area contributed by atoms with Gasteiger partial charge in [0, 0.05) is 12.6 Å². The molecular formula is C14H17N3O. The number of carbonyl (C=O) groups is 1. The summed E-state index contributed by atoms with van der Waals surface area (Å²) in [6, 6.07) is 3.86. The number of hydrogen-bond acceptors (Lipinski definition) is 3. The molecule has 0 unspecified atom stereocenters. The highest BCUT2D eigenvalue weighted by atomic mass is 16.1. The second-order valence-electron chi connectivity index (χ2n) is 5.32. The number of aromatic nitrogens is 2. The van der Waals surface area contributed by atoms with Crippen LogP contribution in [0.25, 0.3) is 11.0 Å². The maximum Gasteiger partial charge on any atom is 0.150 e. The van der Waals surface area contributed by atoms with Gasteiger partial charge < -0.3 is 10.3 Å². The number of aryl methyl sites for hydroxylation is 2. The molecular weight excluding hydrogens is 226 g/mol. The molecule has 18 heavy (non-hydrogen) atoms. The highest BCUT2D eigenvalue weighted by Gasteiger charge is 2.38. The van der Waals surface area contributed by atoms with Crippen molar-refractivity contribution in [3.63, 3.8) is 0 Å². The molecule has 1 aromatic carbocycles. The van der Waals surface area contributed by atoms with Gasteiger partial charge in [0.25, 0.3) is 0 Å². The predicted molar refractivity (Wildman–Crippen MR) is 70.6 cm³/mol. The van der Waals surface area contributed by atoms with Crippen molar-refractivity contribution in [1.29, 1.82) is 0 Å². The summed E-state index contributed by atoms with van der Waals surface area (Å²) in [7, 11) is 1.97.